The van der Waals surface area contributed by atoms with Crippen molar-refractivity contribution in [3.8, 4) is 0 Å². The molecule has 0 heterocycles. The Kier molecular flexibility index (Phi) is 6.77. The van der Waals surface area contributed by atoms with E-state index in [0.717, 1.165) is 0 Å². The topological polar surface area (TPSA) is 20.3 Å². The normalized spacial score (nSPS) is 16.0. The third-order valence-electron chi connectivity index (χ3n) is 3.95. The van der Waals surface area contributed by atoms with Crippen molar-refractivity contribution in [3.63, 3.8) is 0 Å². The average molecular weight is 309 g/mol. The van der Waals surface area contributed by atoms with Gasteiger partial charge in [-0.1, -0.05) is 27.7 Å². The van der Waals surface area contributed by atoms with Crippen molar-refractivity contribution < 1.29 is 18.0 Å². The fourth-order valence-electron chi connectivity index (χ4n) is 3.07. The monoisotopic (exact) mass is 309 g/mol. The number of alkyl halides is 3. The lowest BCUT2D eigenvalue weighted by molar-refractivity contribution is -0.246. The first kappa shape index (κ1) is 20.3. The highest BCUT2D eigenvalue weighted by molar-refractivity contribution is 5.84. The third-order valence-corrected chi connectivity index (χ3v) is 3.95. The predicted octanol–water partition coefficient (Wildman–Crippen LogP) is 4.88. The molecule has 0 saturated carbocycles. The van der Waals surface area contributed by atoms with Crippen LogP contribution in [0, 0.1) is 17.3 Å². The summed E-state index contributed by atoms with van der Waals surface area (Å²) in [5, 5.41) is 0. The lowest BCUT2D eigenvalue weighted by Crippen LogP contribution is -2.58. The zero-order valence-corrected chi connectivity index (χ0v) is 14.5. The second kappa shape index (κ2) is 7.01. The molecule has 5 heteroatoms. The Bertz CT molecular complexity index is 340. The van der Waals surface area contributed by atoms with Gasteiger partial charge < -0.3 is 4.90 Å². The summed E-state index contributed by atoms with van der Waals surface area (Å²) >= 11 is 0. The molecule has 0 aromatic heterocycles. The summed E-state index contributed by atoms with van der Waals surface area (Å²) < 4.78 is 41.6. The minimum atomic E-state index is -4.55. The van der Waals surface area contributed by atoms with E-state index in [4.69, 9.17) is 0 Å². The maximum Gasteiger partial charge on any atom is 0.403 e. The van der Waals surface area contributed by atoms with Gasteiger partial charge in [-0.25, -0.2) is 0 Å². The molecule has 0 aromatic carbocycles. The zero-order valence-electron chi connectivity index (χ0n) is 14.5. The number of nitrogens with zero attached hydrogens (tertiary/aromatic N) is 1. The molecule has 0 radical (unpaired) electrons. The molecule has 21 heavy (non-hydrogen) atoms. The van der Waals surface area contributed by atoms with Gasteiger partial charge in [0.25, 0.3) is 0 Å². The van der Waals surface area contributed by atoms with E-state index in [-0.39, 0.29) is 24.4 Å². The Morgan fingerprint density at radius 1 is 0.905 bits per heavy atom. The quantitative estimate of drug-likeness (QED) is 0.684. The van der Waals surface area contributed by atoms with Crippen molar-refractivity contribution in [2.75, 3.05) is 0 Å². The van der Waals surface area contributed by atoms with Crippen LogP contribution in [0.25, 0.3) is 0 Å². The molecule has 0 aromatic rings. The van der Waals surface area contributed by atoms with Crippen molar-refractivity contribution >= 4 is 5.91 Å². The molecule has 0 bridgehead atoms. The van der Waals surface area contributed by atoms with E-state index < -0.39 is 23.4 Å². The number of hydrogen-bond donors (Lipinski definition) is 0. The van der Waals surface area contributed by atoms with Crippen molar-refractivity contribution in [2.45, 2.75) is 80.1 Å². The van der Waals surface area contributed by atoms with Crippen LogP contribution in [-0.2, 0) is 4.79 Å². The van der Waals surface area contributed by atoms with Gasteiger partial charge >= 0.3 is 6.18 Å². The van der Waals surface area contributed by atoms with Crippen molar-refractivity contribution in [2.24, 2.45) is 17.3 Å². The first-order chi connectivity index (χ1) is 9.29. The average Bonchev–Trinajstić information content (AvgIpc) is 2.21. The van der Waals surface area contributed by atoms with Crippen LogP contribution in [0.1, 0.15) is 61.8 Å². The number of halogens is 3. The van der Waals surface area contributed by atoms with Gasteiger partial charge in [-0.3, -0.25) is 4.79 Å². The van der Waals surface area contributed by atoms with Gasteiger partial charge in [0.1, 0.15) is 5.41 Å². The van der Waals surface area contributed by atoms with Crippen LogP contribution in [0.2, 0.25) is 0 Å². The van der Waals surface area contributed by atoms with Crippen molar-refractivity contribution in [1.82, 2.24) is 4.90 Å². The largest absolute Gasteiger partial charge is 0.403 e. The minimum absolute atomic E-state index is 0.178. The van der Waals surface area contributed by atoms with Crippen molar-refractivity contribution in [3.05, 3.63) is 0 Å². The Balaban J connectivity index is 6.05. The summed E-state index contributed by atoms with van der Waals surface area (Å²) in [5.41, 5.74) is -2.31. The predicted molar refractivity (Wildman–Crippen MR) is 79.9 cm³/mol. The van der Waals surface area contributed by atoms with E-state index in [2.05, 4.69) is 0 Å². The van der Waals surface area contributed by atoms with E-state index in [1.807, 2.05) is 0 Å². The number of amides is 1. The SMILES string of the molecule is CC(C)CC(C(=O)N(C(C)C)C(C)C)(C(C)C)C(F)(F)F. The van der Waals surface area contributed by atoms with E-state index in [1.54, 1.807) is 41.5 Å². The molecule has 0 saturated heterocycles. The summed E-state index contributed by atoms with van der Waals surface area (Å²) in [4.78, 5) is 14.2. The van der Waals surface area contributed by atoms with Crippen LogP contribution in [0.3, 0.4) is 0 Å². The molecule has 2 nitrogen and oxygen atoms in total. The summed E-state index contributed by atoms with van der Waals surface area (Å²) in [6.45, 7) is 13.5. The van der Waals surface area contributed by atoms with Crippen molar-refractivity contribution in [1.29, 1.82) is 0 Å². The van der Waals surface area contributed by atoms with Gasteiger partial charge in [0.15, 0.2) is 0 Å². The Morgan fingerprint density at radius 3 is 1.48 bits per heavy atom. The summed E-state index contributed by atoms with van der Waals surface area (Å²) in [7, 11) is 0. The van der Waals surface area contributed by atoms with Gasteiger partial charge in [0.05, 0.1) is 0 Å². The molecule has 0 fully saturated rings. The highest BCUT2D eigenvalue weighted by atomic mass is 19.4. The lowest BCUT2D eigenvalue weighted by atomic mass is 9.69. The number of rotatable bonds is 6. The molecule has 1 atom stereocenters. The number of carbonyl (C=O) groups excluding carboxylic acids is 1. The van der Waals surface area contributed by atoms with Gasteiger partial charge in [-0.15, -0.1) is 0 Å². The Labute approximate surface area is 127 Å². The van der Waals surface area contributed by atoms with Gasteiger partial charge in [-0.2, -0.15) is 13.2 Å². The fourth-order valence-corrected chi connectivity index (χ4v) is 3.07. The van der Waals surface area contributed by atoms with Crippen LogP contribution < -0.4 is 0 Å². The van der Waals surface area contributed by atoms with Crippen LogP contribution in [0.15, 0.2) is 0 Å². The highest BCUT2D eigenvalue weighted by Crippen LogP contribution is 2.50. The third kappa shape index (κ3) is 4.13. The van der Waals surface area contributed by atoms with Crippen LogP contribution in [0.4, 0.5) is 13.2 Å². The Morgan fingerprint density at radius 2 is 1.29 bits per heavy atom. The summed E-state index contributed by atoms with van der Waals surface area (Å²) in [5.74, 6) is -1.80. The van der Waals surface area contributed by atoms with Crippen LogP contribution >= 0.6 is 0 Å². The summed E-state index contributed by atoms with van der Waals surface area (Å²) in [6, 6.07) is -0.518. The molecular weight excluding hydrogens is 279 g/mol. The molecule has 0 aliphatic heterocycles. The second-order valence-corrected chi connectivity index (χ2v) is 7.12. The lowest BCUT2D eigenvalue weighted by Gasteiger charge is -2.45. The van der Waals surface area contributed by atoms with Crippen LogP contribution in [0.5, 0.6) is 0 Å². The second-order valence-electron chi connectivity index (χ2n) is 7.12. The first-order valence-electron chi connectivity index (χ1n) is 7.68. The molecule has 0 aliphatic rings. The molecule has 0 aliphatic carbocycles. The van der Waals surface area contributed by atoms with E-state index in [0.29, 0.717) is 0 Å². The van der Waals surface area contributed by atoms with Gasteiger partial charge in [0, 0.05) is 12.1 Å². The number of carbonyl (C=O) groups is 1. The highest BCUT2D eigenvalue weighted by Gasteiger charge is 2.63. The minimum Gasteiger partial charge on any atom is -0.337 e. The molecular formula is C16H30F3NO. The van der Waals surface area contributed by atoms with Gasteiger partial charge in [-0.05, 0) is 46.0 Å². The number of hydrogen-bond acceptors (Lipinski definition) is 1. The van der Waals surface area contributed by atoms with Crippen LogP contribution in [-0.4, -0.2) is 29.1 Å². The molecule has 0 spiro atoms. The zero-order chi connectivity index (χ0) is 17.2. The standard InChI is InChI=1S/C16H30F3NO/c1-10(2)9-15(11(3)4,16(17,18)19)14(21)20(12(5)6)13(7)8/h10-13H,9H2,1-8H3. The fraction of sp³-hybridized carbons (Fsp3) is 0.938. The maximum atomic E-state index is 13.9. The maximum absolute atomic E-state index is 13.9. The molecule has 0 rings (SSSR count). The smallest absolute Gasteiger partial charge is 0.337 e. The van der Waals surface area contributed by atoms with E-state index in [1.165, 1.54) is 18.7 Å². The van der Waals surface area contributed by atoms with Gasteiger partial charge in [0.2, 0.25) is 5.91 Å². The molecule has 1 amide bonds. The molecule has 126 valence electrons. The van der Waals surface area contributed by atoms with E-state index in [9.17, 15) is 18.0 Å². The first-order valence-corrected chi connectivity index (χ1v) is 7.68. The molecule has 1 unspecified atom stereocenters. The Hall–Kier alpha value is -0.740. The molecule has 0 N–H and O–H groups in total. The van der Waals surface area contributed by atoms with E-state index >= 15 is 0 Å². The summed E-state index contributed by atoms with van der Waals surface area (Å²) in [6.07, 6.45) is -4.73.